The van der Waals surface area contributed by atoms with E-state index >= 15 is 0 Å². The van der Waals surface area contributed by atoms with Gasteiger partial charge in [0, 0.05) is 27.8 Å². The molecule has 1 N–H and O–H groups in total. The van der Waals surface area contributed by atoms with Gasteiger partial charge < -0.3 is 5.32 Å². The predicted octanol–water partition coefficient (Wildman–Crippen LogP) is 4.46. The Hall–Kier alpha value is -2.51. The molecule has 10 heteroatoms. The Morgan fingerprint density at radius 2 is 2.00 bits per heavy atom. The highest BCUT2D eigenvalue weighted by Gasteiger charge is 2.31. The lowest BCUT2D eigenvalue weighted by Gasteiger charge is -2.25. The first-order valence-electron chi connectivity index (χ1n) is 7.99. The molecule has 2 heterocycles. The van der Waals surface area contributed by atoms with E-state index in [0.29, 0.717) is 11.2 Å². The quantitative estimate of drug-likeness (QED) is 0.573. The number of nitrogens with zero attached hydrogens (tertiary/aromatic N) is 4. The van der Waals surface area contributed by atoms with Gasteiger partial charge in [0.25, 0.3) is 0 Å². The monoisotopic (exact) mass is 467 g/mol. The van der Waals surface area contributed by atoms with Gasteiger partial charge in [0.1, 0.15) is 10.5 Å². The van der Waals surface area contributed by atoms with Crippen molar-refractivity contribution in [2.75, 3.05) is 0 Å². The first kappa shape index (κ1) is 20.2. The average Bonchev–Trinajstić information content (AvgIpc) is 3.01. The van der Waals surface area contributed by atoms with Crippen LogP contribution in [0.5, 0.6) is 0 Å². The minimum Gasteiger partial charge on any atom is -0.357 e. The molecule has 0 aliphatic heterocycles. The van der Waals surface area contributed by atoms with Crippen molar-refractivity contribution >= 4 is 44.2 Å². The number of hydrogen-bond donors (Lipinski definition) is 1. The fraction of sp³-hybridized carbons (Fsp3) is 0.222. The molecule has 0 spiro atoms. The maximum absolute atomic E-state index is 12.7. The van der Waals surface area contributed by atoms with Crippen LogP contribution in [0.1, 0.15) is 18.1 Å². The number of pyridine rings is 1. The van der Waals surface area contributed by atoms with E-state index in [1.807, 2.05) is 6.07 Å². The van der Waals surface area contributed by atoms with Gasteiger partial charge in [0.05, 0.1) is 18.2 Å². The Bertz CT molecular complexity index is 1070. The van der Waals surface area contributed by atoms with Crippen molar-refractivity contribution in [1.82, 2.24) is 20.1 Å². The van der Waals surface area contributed by atoms with Gasteiger partial charge in [-0.3, -0.25) is 4.68 Å². The third kappa shape index (κ3) is 4.48. The molecule has 2 aromatic heterocycles. The van der Waals surface area contributed by atoms with Crippen LogP contribution in [0.3, 0.4) is 0 Å². The van der Waals surface area contributed by atoms with E-state index in [9.17, 15) is 18.4 Å². The molecule has 0 bridgehead atoms. The number of fused-ring (bicyclic) bond motifs is 1. The van der Waals surface area contributed by atoms with Crippen LogP contribution in [0.25, 0.3) is 11.0 Å². The number of rotatable bonds is 4. The predicted molar refractivity (Wildman–Crippen MR) is 106 cm³/mol. The highest BCUT2D eigenvalue weighted by atomic mass is 79.9. The summed E-state index contributed by atoms with van der Waals surface area (Å²) in [5.74, 6) is 0. The highest BCUT2D eigenvalue weighted by Crippen LogP contribution is 2.29. The molecule has 1 unspecified atom stereocenters. The second kappa shape index (κ2) is 7.48. The van der Waals surface area contributed by atoms with Crippen molar-refractivity contribution in [2.24, 2.45) is 0 Å². The minimum absolute atomic E-state index is 0.165. The van der Waals surface area contributed by atoms with Gasteiger partial charge in [-0.15, -0.1) is 0 Å². The molecule has 0 amide bonds. The van der Waals surface area contributed by atoms with Crippen molar-refractivity contribution < 1.29 is 13.2 Å². The maximum Gasteiger partial charge on any atom is 0.416 e. The van der Waals surface area contributed by atoms with Crippen LogP contribution in [0.4, 0.5) is 13.2 Å². The van der Waals surface area contributed by atoms with Gasteiger partial charge in [-0.1, -0.05) is 24.4 Å². The van der Waals surface area contributed by atoms with Crippen LogP contribution >= 0.6 is 28.1 Å². The molecule has 3 rings (SSSR count). The van der Waals surface area contributed by atoms with Crippen molar-refractivity contribution in [3.63, 3.8) is 0 Å². The minimum atomic E-state index is -4.42. The van der Waals surface area contributed by atoms with Crippen molar-refractivity contribution in [2.45, 2.75) is 25.2 Å². The van der Waals surface area contributed by atoms with Gasteiger partial charge in [-0.25, -0.2) is 4.98 Å². The van der Waals surface area contributed by atoms with E-state index in [1.165, 1.54) is 12.1 Å². The van der Waals surface area contributed by atoms with E-state index in [1.54, 1.807) is 24.0 Å². The molecule has 1 aromatic carbocycles. The summed E-state index contributed by atoms with van der Waals surface area (Å²) < 4.78 is 40.5. The van der Waals surface area contributed by atoms with Gasteiger partial charge in [0.2, 0.25) is 0 Å². The molecule has 0 aliphatic rings. The van der Waals surface area contributed by atoms with Crippen molar-refractivity contribution in [3.05, 3.63) is 58.3 Å². The molecule has 0 aliphatic carbocycles. The number of thiocarbonyl (C=S) groups is 1. The lowest BCUT2D eigenvalue weighted by Crippen LogP contribution is -2.47. The van der Waals surface area contributed by atoms with Crippen LogP contribution in [0.2, 0.25) is 0 Å². The van der Waals surface area contributed by atoms with Gasteiger partial charge in [-0.05, 0) is 41.1 Å². The maximum atomic E-state index is 12.7. The zero-order valence-electron chi connectivity index (χ0n) is 14.5. The molecule has 5 nitrogen and oxygen atoms in total. The average molecular weight is 468 g/mol. The number of nitrogens with one attached hydrogen (secondary N) is 1. The molecule has 3 aromatic rings. The summed E-state index contributed by atoms with van der Waals surface area (Å²) in [4.78, 5) is 4.37. The summed E-state index contributed by atoms with van der Waals surface area (Å²) in [5.41, 5.74) is -0.961. The first-order chi connectivity index (χ1) is 13.1. The molecular weight excluding hydrogens is 455 g/mol. The fourth-order valence-electron chi connectivity index (χ4n) is 2.58. The van der Waals surface area contributed by atoms with Gasteiger partial charge >= 0.3 is 6.18 Å². The van der Waals surface area contributed by atoms with E-state index in [0.717, 1.165) is 22.0 Å². The highest BCUT2D eigenvalue weighted by molar-refractivity contribution is 9.10. The van der Waals surface area contributed by atoms with Crippen LogP contribution in [0, 0.1) is 11.3 Å². The number of halogens is 4. The van der Waals surface area contributed by atoms with E-state index in [4.69, 9.17) is 12.2 Å². The summed E-state index contributed by atoms with van der Waals surface area (Å²) >= 11 is 8.62. The zero-order valence-corrected chi connectivity index (χ0v) is 16.9. The number of alkyl halides is 3. The van der Waals surface area contributed by atoms with Gasteiger partial charge in [0.15, 0.2) is 5.65 Å². The smallest absolute Gasteiger partial charge is 0.357 e. The van der Waals surface area contributed by atoms with Crippen LogP contribution in [-0.2, 0) is 12.7 Å². The second-order valence-electron chi connectivity index (χ2n) is 6.37. The largest absolute Gasteiger partial charge is 0.416 e. The van der Waals surface area contributed by atoms with E-state index < -0.39 is 17.3 Å². The summed E-state index contributed by atoms with van der Waals surface area (Å²) in [6.07, 6.45) is -1.04. The molecule has 28 heavy (non-hydrogen) atoms. The first-order valence-corrected chi connectivity index (χ1v) is 9.19. The molecule has 0 fully saturated rings. The Labute approximate surface area is 172 Å². The summed E-state index contributed by atoms with van der Waals surface area (Å²) in [5, 5.41) is 17.7. The Kier molecular flexibility index (Phi) is 5.41. The van der Waals surface area contributed by atoms with Gasteiger partial charge in [-0.2, -0.15) is 23.5 Å². The van der Waals surface area contributed by atoms with Crippen molar-refractivity contribution in [3.8, 4) is 6.07 Å². The fourth-order valence-corrected chi connectivity index (χ4v) is 3.29. The Balaban J connectivity index is 1.77. The SMILES string of the molecule is CC(C#N)(Cn1cc2cc(Br)cnc2n1)NC(=S)c1ccc(C(F)(F)F)cc1. The van der Waals surface area contributed by atoms with E-state index in [-0.39, 0.29) is 11.5 Å². The van der Waals surface area contributed by atoms with Crippen molar-refractivity contribution in [1.29, 1.82) is 5.26 Å². The van der Waals surface area contributed by atoms with Crippen LogP contribution in [0.15, 0.2) is 47.2 Å². The lowest BCUT2D eigenvalue weighted by molar-refractivity contribution is -0.137. The van der Waals surface area contributed by atoms with Crippen LogP contribution < -0.4 is 5.32 Å². The third-order valence-electron chi connectivity index (χ3n) is 3.96. The topological polar surface area (TPSA) is 66.5 Å². The normalized spacial score (nSPS) is 13.7. The Morgan fingerprint density at radius 1 is 1.32 bits per heavy atom. The molecule has 0 radical (unpaired) electrons. The molecule has 144 valence electrons. The summed E-state index contributed by atoms with van der Waals surface area (Å²) in [7, 11) is 0. The molecular formula is C18H13BrF3N5S. The van der Waals surface area contributed by atoms with E-state index in [2.05, 4.69) is 37.4 Å². The zero-order chi connectivity index (χ0) is 20.5. The third-order valence-corrected chi connectivity index (χ3v) is 4.73. The number of aromatic nitrogens is 3. The summed E-state index contributed by atoms with van der Waals surface area (Å²) in [6, 6.07) is 8.47. The molecule has 0 saturated carbocycles. The standard InChI is InChI=1S/C18H13BrF3N5S/c1-17(9-23,10-27-8-12-6-14(19)7-24-15(12)26-27)25-16(28)11-2-4-13(5-3-11)18(20,21)22/h2-8H,10H2,1H3,(H,25,28). The number of hydrogen-bond acceptors (Lipinski definition) is 4. The molecule has 1 atom stereocenters. The second-order valence-corrected chi connectivity index (χ2v) is 7.69. The number of nitriles is 1. The molecule has 0 saturated heterocycles. The Morgan fingerprint density at radius 3 is 2.61 bits per heavy atom. The van der Waals surface area contributed by atoms with Crippen LogP contribution in [-0.4, -0.2) is 25.3 Å². The number of benzene rings is 1. The lowest BCUT2D eigenvalue weighted by atomic mass is 10.0. The summed E-state index contributed by atoms with van der Waals surface area (Å²) in [6.45, 7) is 1.80.